The number of nitrogens with one attached hydrogen (secondary N) is 2. The molecule has 0 aromatic carbocycles. The summed E-state index contributed by atoms with van der Waals surface area (Å²) in [4.78, 5) is 20.4. The highest BCUT2D eigenvalue weighted by atomic mass is 16.1. The third kappa shape index (κ3) is 2.66. The van der Waals surface area contributed by atoms with Crippen molar-refractivity contribution in [2.24, 2.45) is 0 Å². The minimum Gasteiger partial charge on any atom is -0.307 e. The molecule has 7 nitrogen and oxygen atoms in total. The molecule has 0 saturated heterocycles. The molecule has 2 N–H and O–H groups in total. The summed E-state index contributed by atoms with van der Waals surface area (Å²) in [6.07, 6.45) is 9.15. The summed E-state index contributed by atoms with van der Waals surface area (Å²) in [6, 6.07) is 3.49. The largest absolute Gasteiger partial charge is 0.307 e. The lowest BCUT2D eigenvalue weighted by molar-refractivity contribution is 0.102. The van der Waals surface area contributed by atoms with E-state index in [4.69, 9.17) is 0 Å². The molecule has 0 fully saturated rings. The Morgan fingerprint density at radius 3 is 2.95 bits per heavy atom. The molecule has 0 spiro atoms. The van der Waals surface area contributed by atoms with Gasteiger partial charge >= 0.3 is 0 Å². The highest BCUT2D eigenvalue weighted by Crippen LogP contribution is 2.13. The van der Waals surface area contributed by atoms with Gasteiger partial charge in [0.2, 0.25) is 0 Å². The zero-order valence-corrected chi connectivity index (χ0v) is 11.4. The minimum absolute atomic E-state index is 0.223. The summed E-state index contributed by atoms with van der Waals surface area (Å²) in [7, 11) is 0. The lowest BCUT2D eigenvalue weighted by atomic mass is 10.2. The van der Waals surface area contributed by atoms with Crippen molar-refractivity contribution >= 4 is 11.7 Å². The first-order chi connectivity index (χ1) is 10.3. The van der Waals surface area contributed by atoms with Crippen LogP contribution in [0.1, 0.15) is 22.8 Å². The Bertz CT molecular complexity index is 729. The zero-order valence-electron chi connectivity index (χ0n) is 11.4. The number of anilines is 1. The van der Waals surface area contributed by atoms with E-state index < -0.39 is 0 Å². The van der Waals surface area contributed by atoms with E-state index in [0.29, 0.717) is 17.2 Å². The van der Waals surface area contributed by atoms with Crippen LogP contribution in [0.15, 0.2) is 43.2 Å². The van der Waals surface area contributed by atoms with Crippen LogP contribution < -0.4 is 5.32 Å². The fourth-order valence-electron chi connectivity index (χ4n) is 1.94. The molecule has 3 aromatic rings. The normalized spacial score (nSPS) is 10.5. The zero-order chi connectivity index (χ0) is 14.7. The molecular formula is C14H14N6O. The fourth-order valence-corrected chi connectivity index (χ4v) is 1.94. The van der Waals surface area contributed by atoms with Gasteiger partial charge in [0.25, 0.3) is 5.91 Å². The number of H-pyrrole nitrogens is 1. The third-order valence-electron chi connectivity index (χ3n) is 3.12. The van der Waals surface area contributed by atoms with Crippen LogP contribution in [0.4, 0.5) is 5.82 Å². The second-order valence-corrected chi connectivity index (χ2v) is 4.45. The van der Waals surface area contributed by atoms with Crippen LogP contribution in [-0.4, -0.2) is 30.6 Å². The predicted molar refractivity (Wildman–Crippen MR) is 77.3 cm³/mol. The maximum Gasteiger partial charge on any atom is 0.258 e. The van der Waals surface area contributed by atoms with Crippen molar-refractivity contribution in [3.63, 3.8) is 0 Å². The Morgan fingerprint density at radius 2 is 2.29 bits per heavy atom. The molecule has 3 aromatic heterocycles. The number of hydrogen-bond acceptors (Lipinski definition) is 4. The number of amides is 1. The molecule has 3 heterocycles. The maximum absolute atomic E-state index is 12.2. The molecule has 21 heavy (non-hydrogen) atoms. The quantitative estimate of drug-likeness (QED) is 0.763. The molecule has 3 rings (SSSR count). The number of nitrogens with zero attached hydrogens (tertiary/aromatic N) is 4. The highest BCUT2D eigenvalue weighted by molar-refractivity contribution is 6.03. The standard InChI is InChI=1S/C14H14N6O/c1-2-10-8-17-19-13(10)18-14(21)11-3-4-12(16-7-11)20-6-5-15-9-20/h3-9H,2H2,1H3,(H2,17,18,19,21). The summed E-state index contributed by atoms with van der Waals surface area (Å²) in [5.41, 5.74) is 1.45. The number of aromatic amines is 1. The van der Waals surface area contributed by atoms with E-state index in [1.54, 1.807) is 41.6 Å². The van der Waals surface area contributed by atoms with E-state index >= 15 is 0 Å². The number of carbonyl (C=O) groups excluding carboxylic acids is 1. The number of aryl methyl sites for hydroxylation is 1. The van der Waals surface area contributed by atoms with Gasteiger partial charge in [-0.2, -0.15) is 5.10 Å². The number of carbonyl (C=O) groups is 1. The summed E-state index contributed by atoms with van der Waals surface area (Å²) in [5, 5.41) is 9.49. The number of rotatable bonds is 4. The van der Waals surface area contributed by atoms with Gasteiger partial charge < -0.3 is 5.32 Å². The van der Waals surface area contributed by atoms with Crippen molar-refractivity contribution in [1.82, 2.24) is 24.7 Å². The van der Waals surface area contributed by atoms with Gasteiger partial charge in [-0.25, -0.2) is 9.97 Å². The van der Waals surface area contributed by atoms with Crippen molar-refractivity contribution < 1.29 is 4.79 Å². The van der Waals surface area contributed by atoms with E-state index in [1.165, 1.54) is 6.20 Å². The number of pyridine rings is 1. The molecule has 0 aliphatic rings. The van der Waals surface area contributed by atoms with Crippen LogP contribution >= 0.6 is 0 Å². The van der Waals surface area contributed by atoms with Crippen LogP contribution in [0.5, 0.6) is 0 Å². The van der Waals surface area contributed by atoms with E-state index in [2.05, 4.69) is 25.5 Å². The van der Waals surface area contributed by atoms with Gasteiger partial charge in [-0.3, -0.25) is 14.5 Å². The average Bonchev–Trinajstić information content (AvgIpc) is 3.18. The molecule has 0 unspecified atom stereocenters. The van der Waals surface area contributed by atoms with Crippen molar-refractivity contribution in [3.05, 3.63) is 54.4 Å². The molecule has 0 bridgehead atoms. The molecule has 0 saturated carbocycles. The van der Waals surface area contributed by atoms with Gasteiger partial charge in [-0.1, -0.05) is 6.92 Å². The predicted octanol–water partition coefficient (Wildman–Crippen LogP) is 1.81. The Kier molecular flexibility index (Phi) is 3.46. The van der Waals surface area contributed by atoms with Gasteiger partial charge in [0.05, 0.1) is 11.8 Å². The van der Waals surface area contributed by atoms with Crippen LogP contribution in [0, 0.1) is 0 Å². The van der Waals surface area contributed by atoms with E-state index in [0.717, 1.165) is 12.0 Å². The van der Waals surface area contributed by atoms with E-state index in [9.17, 15) is 4.79 Å². The molecule has 0 aliphatic carbocycles. The van der Waals surface area contributed by atoms with Crippen LogP contribution in [-0.2, 0) is 6.42 Å². The first-order valence-corrected chi connectivity index (χ1v) is 6.56. The molecule has 1 amide bonds. The Balaban J connectivity index is 1.76. The molecule has 0 aliphatic heterocycles. The highest BCUT2D eigenvalue weighted by Gasteiger charge is 2.10. The second kappa shape index (κ2) is 5.58. The van der Waals surface area contributed by atoms with Gasteiger partial charge in [0.1, 0.15) is 18.0 Å². The molecular weight excluding hydrogens is 268 g/mol. The smallest absolute Gasteiger partial charge is 0.258 e. The summed E-state index contributed by atoms with van der Waals surface area (Å²) < 4.78 is 1.77. The molecule has 0 atom stereocenters. The Morgan fingerprint density at radius 1 is 1.38 bits per heavy atom. The topological polar surface area (TPSA) is 88.5 Å². The molecule has 106 valence electrons. The fraction of sp³-hybridized carbons (Fsp3) is 0.143. The average molecular weight is 282 g/mol. The first kappa shape index (κ1) is 13.0. The molecule has 7 heteroatoms. The number of aromatic nitrogens is 5. The molecule has 0 radical (unpaired) electrons. The lowest BCUT2D eigenvalue weighted by Crippen LogP contribution is -2.14. The van der Waals surface area contributed by atoms with Gasteiger partial charge in [0, 0.05) is 24.2 Å². The van der Waals surface area contributed by atoms with Gasteiger partial charge in [-0.05, 0) is 18.6 Å². The number of imidazole rings is 1. The summed E-state index contributed by atoms with van der Waals surface area (Å²) in [6.45, 7) is 2.00. The first-order valence-electron chi connectivity index (χ1n) is 6.56. The van der Waals surface area contributed by atoms with Crippen LogP contribution in [0.2, 0.25) is 0 Å². The second-order valence-electron chi connectivity index (χ2n) is 4.45. The third-order valence-corrected chi connectivity index (χ3v) is 3.12. The Hall–Kier alpha value is -2.96. The van der Waals surface area contributed by atoms with E-state index in [1.807, 2.05) is 6.92 Å². The van der Waals surface area contributed by atoms with Crippen LogP contribution in [0.3, 0.4) is 0 Å². The van der Waals surface area contributed by atoms with Crippen molar-refractivity contribution in [3.8, 4) is 5.82 Å². The monoisotopic (exact) mass is 282 g/mol. The summed E-state index contributed by atoms with van der Waals surface area (Å²) in [5.74, 6) is 1.11. The lowest BCUT2D eigenvalue weighted by Gasteiger charge is -2.05. The minimum atomic E-state index is -0.223. The van der Waals surface area contributed by atoms with Crippen molar-refractivity contribution in [2.75, 3.05) is 5.32 Å². The van der Waals surface area contributed by atoms with E-state index in [-0.39, 0.29) is 5.91 Å². The van der Waals surface area contributed by atoms with Gasteiger partial charge in [-0.15, -0.1) is 0 Å². The maximum atomic E-state index is 12.2. The summed E-state index contributed by atoms with van der Waals surface area (Å²) >= 11 is 0. The van der Waals surface area contributed by atoms with Crippen LogP contribution in [0.25, 0.3) is 5.82 Å². The number of hydrogen-bond donors (Lipinski definition) is 2. The van der Waals surface area contributed by atoms with Crippen molar-refractivity contribution in [2.45, 2.75) is 13.3 Å². The van der Waals surface area contributed by atoms with Crippen molar-refractivity contribution in [1.29, 1.82) is 0 Å². The van der Waals surface area contributed by atoms with Gasteiger partial charge in [0.15, 0.2) is 0 Å². The SMILES string of the molecule is CCc1cn[nH]c1NC(=O)c1ccc(-n2ccnc2)nc1. The Labute approximate surface area is 121 Å².